The molecular weight excluding hydrogens is 212 g/mol. The summed E-state index contributed by atoms with van der Waals surface area (Å²) < 4.78 is 26.0. The van der Waals surface area contributed by atoms with E-state index in [-0.39, 0.29) is 5.56 Å². The lowest BCUT2D eigenvalue weighted by atomic mass is 9.90. The van der Waals surface area contributed by atoms with Crippen LogP contribution in [0.2, 0.25) is 0 Å². The molecule has 16 heavy (non-hydrogen) atoms. The summed E-state index contributed by atoms with van der Waals surface area (Å²) in [6.07, 6.45) is -0.951. The average Bonchev–Trinajstić information content (AvgIpc) is 2.14. The van der Waals surface area contributed by atoms with E-state index in [2.05, 4.69) is 0 Å². The second-order valence-corrected chi connectivity index (χ2v) is 4.65. The predicted molar refractivity (Wildman–Crippen MR) is 59.1 cm³/mol. The maximum absolute atomic E-state index is 13.0. The SMILES string of the molecule is CN(C)C(C)(C)C(O)c1cc(F)cc(F)c1. The van der Waals surface area contributed by atoms with Crippen LogP contribution in [0.25, 0.3) is 0 Å². The highest BCUT2D eigenvalue weighted by atomic mass is 19.1. The molecule has 1 aromatic rings. The van der Waals surface area contributed by atoms with Crippen molar-refractivity contribution in [2.45, 2.75) is 25.5 Å². The highest BCUT2D eigenvalue weighted by Crippen LogP contribution is 2.29. The van der Waals surface area contributed by atoms with Crippen molar-refractivity contribution in [3.63, 3.8) is 0 Å². The highest BCUT2D eigenvalue weighted by Gasteiger charge is 2.31. The molecule has 1 aromatic carbocycles. The van der Waals surface area contributed by atoms with Crippen LogP contribution in [0.1, 0.15) is 25.5 Å². The molecule has 0 aliphatic rings. The van der Waals surface area contributed by atoms with E-state index in [1.165, 1.54) is 0 Å². The van der Waals surface area contributed by atoms with Gasteiger partial charge in [0.25, 0.3) is 0 Å². The molecule has 1 unspecified atom stereocenters. The zero-order valence-electron chi connectivity index (χ0n) is 9.96. The van der Waals surface area contributed by atoms with E-state index in [1.54, 1.807) is 32.8 Å². The van der Waals surface area contributed by atoms with Gasteiger partial charge in [0.15, 0.2) is 0 Å². The van der Waals surface area contributed by atoms with Gasteiger partial charge in [-0.2, -0.15) is 0 Å². The molecule has 0 radical (unpaired) electrons. The molecule has 0 heterocycles. The Bertz CT molecular complexity index is 357. The summed E-state index contributed by atoms with van der Waals surface area (Å²) in [6, 6.07) is 3.09. The van der Waals surface area contributed by atoms with E-state index in [9.17, 15) is 13.9 Å². The monoisotopic (exact) mass is 229 g/mol. The van der Waals surface area contributed by atoms with Gasteiger partial charge in [-0.1, -0.05) is 0 Å². The molecule has 2 nitrogen and oxygen atoms in total. The van der Waals surface area contributed by atoms with Crippen molar-refractivity contribution in [2.24, 2.45) is 0 Å². The van der Waals surface area contributed by atoms with Crippen LogP contribution in [-0.4, -0.2) is 29.6 Å². The average molecular weight is 229 g/mol. The fourth-order valence-corrected chi connectivity index (χ4v) is 1.39. The minimum atomic E-state index is -0.951. The first-order valence-corrected chi connectivity index (χ1v) is 5.06. The van der Waals surface area contributed by atoms with Crippen LogP contribution < -0.4 is 0 Å². The maximum atomic E-state index is 13.0. The van der Waals surface area contributed by atoms with Gasteiger partial charge in [0, 0.05) is 11.6 Å². The first kappa shape index (κ1) is 13.1. The summed E-state index contributed by atoms with van der Waals surface area (Å²) in [5.74, 6) is -1.35. The number of halogens is 2. The molecule has 0 amide bonds. The molecule has 0 aromatic heterocycles. The molecule has 0 aliphatic carbocycles. The van der Waals surface area contributed by atoms with Gasteiger partial charge in [-0.05, 0) is 45.6 Å². The Morgan fingerprint density at radius 2 is 1.56 bits per heavy atom. The molecule has 1 N–H and O–H groups in total. The van der Waals surface area contributed by atoms with Crippen LogP contribution in [0.5, 0.6) is 0 Å². The third kappa shape index (κ3) is 2.57. The van der Waals surface area contributed by atoms with Gasteiger partial charge in [0.05, 0.1) is 6.10 Å². The van der Waals surface area contributed by atoms with Gasteiger partial charge in [-0.25, -0.2) is 8.78 Å². The molecule has 1 atom stereocenters. The van der Waals surface area contributed by atoms with Gasteiger partial charge in [-0.15, -0.1) is 0 Å². The number of likely N-dealkylation sites (N-methyl/N-ethyl adjacent to an activating group) is 1. The summed E-state index contributed by atoms with van der Waals surface area (Å²) in [5.41, 5.74) is -0.351. The van der Waals surface area contributed by atoms with Crippen molar-refractivity contribution in [1.29, 1.82) is 0 Å². The molecule has 90 valence electrons. The van der Waals surface area contributed by atoms with Crippen molar-refractivity contribution in [3.05, 3.63) is 35.4 Å². The molecule has 1 rings (SSSR count). The molecule has 0 saturated heterocycles. The lowest BCUT2D eigenvalue weighted by Gasteiger charge is -2.37. The second-order valence-electron chi connectivity index (χ2n) is 4.65. The van der Waals surface area contributed by atoms with Crippen molar-refractivity contribution in [1.82, 2.24) is 4.90 Å². The lowest BCUT2D eigenvalue weighted by molar-refractivity contribution is 0.0160. The Kier molecular flexibility index (Phi) is 3.65. The van der Waals surface area contributed by atoms with Crippen LogP contribution in [0, 0.1) is 11.6 Å². The molecule has 0 fully saturated rings. The first-order chi connectivity index (χ1) is 7.25. The largest absolute Gasteiger partial charge is 0.386 e. The third-order valence-corrected chi connectivity index (χ3v) is 3.02. The number of benzene rings is 1. The Hall–Kier alpha value is -1.00. The third-order valence-electron chi connectivity index (χ3n) is 3.02. The number of aliphatic hydroxyl groups excluding tert-OH is 1. The maximum Gasteiger partial charge on any atom is 0.126 e. The Labute approximate surface area is 94.5 Å². The second kappa shape index (κ2) is 4.47. The van der Waals surface area contributed by atoms with Crippen molar-refractivity contribution in [2.75, 3.05) is 14.1 Å². The van der Waals surface area contributed by atoms with Crippen LogP contribution in [-0.2, 0) is 0 Å². The molecule has 4 heteroatoms. The number of rotatable bonds is 3. The van der Waals surface area contributed by atoms with Crippen LogP contribution in [0.3, 0.4) is 0 Å². The summed E-state index contributed by atoms with van der Waals surface area (Å²) >= 11 is 0. The van der Waals surface area contributed by atoms with Gasteiger partial charge >= 0.3 is 0 Å². The quantitative estimate of drug-likeness (QED) is 0.860. The summed E-state index contributed by atoms with van der Waals surface area (Å²) in [6.45, 7) is 3.61. The van der Waals surface area contributed by atoms with E-state index < -0.39 is 23.3 Å². The number of aliphatic hydroxyl groups is 1. The Morgan fingerprint density at radius 1 is 1.12 bits per heavy atom. The molecule has 0 aliphatic heterocycles. The molecular formula is C12H17F2NO. The summed E-state index contributed by atoms with van der Waals surface area (Å²) in [7, 11) is 3.61. The topological polar surface area (TPSA) is 23.5 Å². The van der Waals surface area contributed by atoms with E-state index in [4.69, 9.17) is 0 Å². The van der Waals surface area contributed by atoms with Gasteiger partial charge in [-0.3, -0.25) is 0 Å². The smallest absolute Gasteiger partial charge is 0.126 e. The molecule has 0 bridgehead atoms. The molecule has 0 saturated carbocycles. The number of nitrogens with zero attached hydrogens (tertiary/aromatic N) is 1. The Morgan fingerprint density at radius 3 is 1.94 bits per heavy atom. The van der Waals surface area contributed by atoms with Gasteiger partial charge in [0.2, 0.25) is 0 Å². The van der Waals surface area contributed by atoms with E-state index in [0.29, 0.717) is 0 Å². The normalized spacial score (nSPS) is 14.2. The number of hydrogen-bond donors (Lipinski definition) is 1. The number of hydrogen-bond acceptors (Lipinski definition) is 2. The van der Waals surface area contributed by atoms with Crippen molar-refractivity contribution >= 4 is 0 Å². The zero-order chi connectivity index (χ0) is 12.5. The van der Waals surface area contributed by atoms with Crippen molar-refractivity contribution < 1.29 is 13.9 Å². The lowest BCUT2D eigenvalue weighted by Crippen LogP contribution is -2.43. The fraction of sp³-hybridized carbons (Fsp3) is 0.500. The van der Waals surface area contributed by atoms with Crippen LogP contribution in [0.15, 0.2) is 18.2 Å². The first-order valence-electron chi connectivity index (χ1n) is 5.06. The van der Waals surface area contributed by atoms with Gasteiger partial charge in [0.1, 0.15) is 11.6 Å². The molecule has 0 spiro atoms. The van der Waals surface area contributed by atoms with E-state index >= 15 is 0 Å². The van der Waals surface area contributed by atoms with E-state index in [0.717, 1.165) is 18.2 Å². The van der Waals surface area contributed by atoms with E-state index in [1.807, 2.05) is 0 Å². The predicted octanol–water partition coefficient (Wildman–Crippen LogP) is 2.34. The zero-order valence-corrected chi connectivity index (χ0v) is 9.96. The van der Waals surface area contributed by atoms with Gasteiger partial charge < -0.3 is 10.0 Å². The minimum absolute atomic E-state index is 0.246. The highest BCUT2D eigenvalue weighted by molar-refractivity contribution is 5.22. The summed E-state index contributed by atoms with van der Waals surface area (Å²) in [4.78, 5) is 1.81. The fourth-order valence-electron chi connectivity index (χ4n) is 1.39. The summed E-state index contributed by atoms with van der Waals surface area (Å²) in [5, 5.41) is 10.1. The van der Waals surface area contributed by atoms with Crippen LogP contribution in [0.4, 0.5) is 8.78 Å². The van der Waals surface area contributed by atoms with Crippen LogP contribution >= 0.6 is 0 Å². The Balaban J connectivity index is 3.09. The van der Waals surface area contributed by atoms with Crippen molar-refractivity contribution in [3.8, 4) is 0 Å². The minimum Gasteiger partial charge on any atom is -0.386 e. The standard InChI is InChI=1S/C12H17F2NO/c1-12(2,15(3)4)11(16)8-5-9(13)7-10(14)6-8/h5-7,11,16H,1-4H3.